The summed E-state index contributed by atoms with van der Waals surface area (Å²) >= 11 is 12.0. The van der Waals surface area contributed by atoms with Gasteiger partial charge in [0.2, 0.25) is 0 Å². The maximum atomic E-state index is 5.99. The summed E-state index contributed by atoms with van der Waals surface area (Å²) in [7, 11) is 0. The van der Waals surface area contributed by atoms with E-state index in [1.54, 1.807) is 18.2 Å². The normalized spacial score (nSPS) is 34.2. The molecule has 4 rings (SSSR count). The van der Waals surface area contributed by atoms with Gasteiger partial charge in [0.25, 0.3) is 0 Å². The summed E-state index contributed by atoms with van der Waals surface area (Å²) in [4.78, 5) is 0. The molecule has 0 radical (unpaired) electrons. The molecule has 0 spiro atoms. The quantitative estimate of drug-likeness (QED) is 0.637. The molecule has 3 nitrogen and oxygen atoms in total. The number of fused-ring (bicyclic) bond motifs is 3. The van der Waals surface area contributed by atoms with Gasteiger partial charge in [0.05, 0.1) is 0 Å². The Hall–Kier alpha value is 1.38. The van der Waals surface area contributed by atoms with Gasteiger partial charge in [-0.2, -0.15) is 0 Å². The number of rotatable bonds is 1. The Morgan fingerprint density at radius 3 is 1.89 bits per heavy atom. The maximum Gasteiger partial charge on any atom is 1.00 e. The molecule has 3 heterocycles. The van der Waals surface area contributed by atoms with E-state index in [-0.39, 0.29) is 56.8 Å². The Labute approximate surface area is 159 Å². The van der Waals surface area contributed by atoms with Crippen LogP contribution in [0.4, 0.5) is 0 Å². The third kappa shape index (κ3) is 2.86. The molecular weight excluding hydrogens is 301 g/mol. The Morgan fingerprint density at radius 2 is 1.44 bits per heavy atom. The van der Waals surface area contributed by atoms with Gasteiger partial charge < -0.3 is 14.0 Å². The summed E-state index contributed by atoms with van der Waals surface area (Å²) in [5.41, 5.74) is 0.732. The van der Waals surface area contributed by atoms with Crippen LogP contribution < -0.4 is 56.8 Å². The standard InChI is InChI=1S/C11H12BCl2O3.K/c1-11-5-15-12(16-6-11,17-7-11)8-2-9(13)4-10(14)3-8;/h2-4H,5-7H2,1H3;/q-1;+1. The van der Waals surface area contributed by atoms with E-state index in [1.165, 1.54) is 0 Å². The molecule has 7 heteroatoms. The van der Waals surface area contributed by atoms with Crippen LogP contribution in [0.1, 0.15) is 6.92 Å². The fourth-order valence-corrected chi connectivity index (χ4v) is 2.81. The first-order chi connectivity index (χ1) is 8.01. The van der Waals surface area contributed by atoms with Crippen LogP contribution in [-0.4, -0.2) is 26.6 Å². The number of hydrogen-bond donors (Lipinski definition) is 0. The minimum absolute atomic E-state index is 0. The van der Waals surface area contributed by atoms with Crippen LogP contribution in [0.25, 0.3) is 0 Å². The van der Waals surface area contributed by atoms with Gasteiger partial charge in [0.1, 0.15) is 0 Å². The average molecular weight is 313 g/mol. The number of hydrogen-bond acceptors (Lipinski definition) is 3. The van der Waals surface area contributed by atoms with Crippen molar-refractivity contribution in [1.82, 2.24) is 0 Å². The van der Waals surface area contributed by atoms with Gasteiger partial charge in [-0.25, -0.2) is 0 Å². The molecule has 1 aromatic rings. The van der Waals surface area contributed by atoms with Crippen LogP contribution in [0.2, 0.25) is 10.0 Å². The van der Waals surface area contributed by atoms with Gasteiger partial charge in [0, 0.05) is 35.3 Å². The second kappa shape index (κ2) is 5.64. The maximum absolute atomic E-state index is 5.99. The van der Waals surface area contributed by atoms with Crippen molar-refractivity contribution in [3.63, 3.8) is 0 Å². The van der Waals surface area contributed by atoms with Gasteiger partial charge in [0.15, 0.2) is 0 Å². The monoisotopic (exact) mass is 312 g/mol. The van der Waals surface area contributed by atoms with Crippen molar-refractivity contribution in [3.05, 3.63) is 28.2 Å². The number of benzene rings is 1. The Bertz CT molecular complexity index is 427. The van der Waals surface area contributed by atoms with Crippen molar-refractivity contribution in [2.75, 3.05) is 19.8 Å². The summed E-state index contributed by atoms with van der Waals surface area (Å²) in [5, 5.41) is 1.11. The molecule has 1 aromatic carbocycles. The zero-order chi connectivity index (χ0) is 12.1. The first-order valence-corrected chi connectivity index (χ1v) is 6.29. The molecule has 3 aliphatic rings. The van der Waals surface area contributed by atoms with E-state index < -0.39 is 6.75 Å². The van der Waals surface area contributed by atoms with E-state index in [0.717, 1.165) is 5.46 Å². The van der Waals surface area contributed by atoms with Crippen molar-refractivity contribution in [3.8, 4) is 0 Å². The van der Waals surface area contributed by atoms with Crippen molar-refractivity contribution in [2.45, 2.75) is 6.92 Å². The van der Waals surface area contributed by atoms with Crippen LogP contribution in [0.15, 0.2) is 18.2 Å². The smallest absolute Gasteiger partial charge is 0.540 e. The third-order valence-electron chi connectivity index (χ3n) is 3.25. The summed E-state index contributed by atoms with van der Waals surface area (Å²) in [6.07, 6.45) is 0. The van der Waals surface area contributed by atoms with Crippen molar-refractivity contribution in [1.29, 1.82) is 0 Å². The Kier molecular flexibility index (Phi) is 4.94. The van der Waals surface area contributed by atoms with Crippen molar-refractivity contribution in [2.24, 2.45) is 5.41 Å². The van der Waals surface area contributed by atoms with E-state index in [2.05, 4.69) is 6.92 Å². The predicted octanol–water partition coefficient (Wildman–Crippen LogP) is -0.773. The zero-order valence-electron chi connectivity index (χ0n) is 10.4. The molecule has 2 bridgehead atoms. The molecular formula is C11H12BCl2KO3. The molecule has 0 N–H and O–H groups in total. The van der Waals surface area contributed by atoms with E-state index in [9.17, 15) is 0 Å². The van der Waals surface area contributed by atoms with Crippen molar-refractivity contribution >= 4 is 35.4 Å². The van der Waals surface area contributed by atoms with Crippen LogP contribution >= 0.6 is 23.2 Å². The summed E-state index contributed by atoms with van der Waals surface area (Å²) in [6.45, 7) is 2.13. The topological polar surface area (TPSA) is 27.7 Å². The molecule has 18 heavy (non-hydrogen) atoms. The Morgan fingerprint density at radius 1 is 1.00 bits per heavy atom. The van der Waals surface area contributed by atoms with E-state index in [4.69, 9.17) is 37.2 Å². The van der Waals surface area contributed by atoms with Crippen LogP contribution in [0, 0.1) is 5.41 Å². The van der Waals surface area contributed by atoms with Crippen LogP contribution in [0.3, 0.4) is 0 Å². The molecule has 3 aliphatic heterocycles. The molecule has 0 amide bonds. The molecule has 0 atom stereocenters. The summed E-state index contributed by atoms with van der Waals surface area (Å²) in [6, 6.07) is 5.23. The SMILES string of the molecule is CC12CO[B-](c3cc(Cl)cc(Cl)c3)(OC1)OC2.[K+]. The summed E-state index contributed by atoms with van der Waals surface area (Å²) < 4.78 is 17.3. The second-order valence-electron chi connectivity index (χ2n) is 5.09. The molecule has 92 valence electrons. The van der Waals surface area contributed by atoms with Crippen molar-refractivity contribution < 1.29 is 65.3 Å². The summed E-state index contributed by atoms with van der Waals surface area (Å²) in [5.74, 6) is 0. The predicted molar refractivity (Wildman–Crippen MR) is 67.8 cm³/mol. The largest absolute Gasteiger partial charge is 1.00 e. The molecule has 3 saturated heterocycles. The van der Waals surface area contributed by atoms with Gasteiger partial charge in [-0.05, 0) is 6.07 Å². The van der Waals surface area contributed by atoms with E-state index in [1.807, 2.05) is 0 Å². The van der Waals surface area contributed by atoms with Crippen LogP contribution in [-0.2, 0) is 14.0 Å². The minimum Gasteiger partial charge on any atom is -0.540 e. The van der Waals surface area contributed by atoms with E-state index >= 15 is 0 Å². The molecule has 0 aliphatic carbocycles. The van der Waals surface area contributed by atoms with Gasteiger partial charge in [-0.15, -0.1) is 5.46 Å². The minimum atomic E-state index is -1.86. The molecule has 0 aromatic heterocycles. The third-order valence-corrected chi connectivity index (χ3v) is 3.68. The molecule has 0 saturated carbocycles. The first-order valence-electron chi connectivity index (χ1n) is 5.53. The van der Waals surface area contributed by atoms with Gasteiger partial charge in [-0.3, -0.25) is 0 Å². The fraction of sp³-hybridized carbons (Fsp3) is 0.455. The zero-order valence-corrected chi connectivity index (χ0v) is 15.0. The first kappa shape index (κ1) is 15.8. The Balaban J connectivity index is 0.00000120. The van der Waals surface area contributed by atoms with Gasteiger partial charge in [-0.1, -0.05) is 42.3 Å². The van der Waals surface area contributed by atoms with Crippen LogP contribution in [0.5, 0.6) is 0 Å². The number of halogens is 2. The molecule has 0 unspecified atom stereocenters. The van der Waals surface area contributed by atoms with Gasteiger partial charge >= 0.3 is 58.1 Å². The van der Waals surface area contributed by atoms with E-state index in [0.29, 0.717) is 29.9 Å². The molecule has 3 fully saturated rings. The average Bonchev–Trinajstić information content (AvgIpc) is 2.29. The fourth-order valence-electron chi connectivity index (χ4n) is 2.27. The second-order valence-corrected chi connectivity index (χ2v) is 5.96.